The number of hydrogen-bond acceptors (Lipinski definition) is 4. The van der Waals surface area contributed by atoms with Gasteiger partial charge in [0.1, 0.15) is 9.84 Å². The zero-order chi connectivity index (χ0) is 17.5. The van der Waals surface area contributed by atoms with E-state index < -0.39 is 9.84 Å². The van der Waals surface area contributed by atoms with Crippen LogP contribution in [0.25, 0.3) is 0 Å². The molecule has 0 spiro atoms. The van der Waals surface area contributed by atoms with Crippen molar-refractivity contribution >= 4 is 15.8 Å². The lowest BCUT2D eigenvalue weighted by Gasteiger charge is -2.27. The average molecular weight is 347 g/mol. The molecular formula is C16H34N4O2S. The highest BCUT2D eigenvalue weighted by Crippen LogP contribution is 2.20. The van der Waals surface area contributed by atoms with Gasteiger partial charge in [0.2, 0.25) is 0 Å². The van der Waals surface area contributed by atoms with Crippen molar-refractivity contribution in [1.82, 2.24) is 15.5 Å². The summed E-state index contributed by atoms with van der Waals surface area (Å²) in [6.07, 6.45) is 4.43. The van der Waals surface area contributed by atoms with Crippen molar-refractivity contribution < 1.29 is 8.42 Å². The monoisotopic (exact) mass is 346 g/mol. The minimum Gasteiger partial charge on any atom is -0.356 e. The van der Waals surface area contributed by atoms with Crippen LogP contribution in [-0.2, 0) is 9.84 Å². The number of guanidine groups is 1. The second-order valence-electron chi connectivity index (χ2n) is 7.28. The highest BCUT2D eigenvalue weighted by atomic mass is 32.2. The maximum atomic E-state index is 11.3. The van der Waals surface area contributed by atoms with Gasteiger partial charge >= 0.3 is 0 Å². The van der Waals surface area contributed by atoms with Crippen LogP contribution in [0.5, 0.6) is 0 Å². The van der Waals surface area contributed by atoms with Crippen LogP contribution in [0.3, 0.4) is 0 Å². The Kier molecular flexibility index (Phi) is 7.80. The van der Waals surface area contributed by atoms with Gasteiger partial charge in [-0.1, -0.05) is 20.8 Å². The Labute approximate surface area is 142 Å². The SMILES string of the molecule is CCN1CCCC1CNC(=NC)NCC(C)(C)CCS(C)(=O)=O. The number of sulfone groups is 1. The highest BCUT2D eigenvalue weighted by Gasteiger charge is 2.24. The number of hydrogen-bond donors (Lipinski definition) is 2. The number of likely N-dealkylation sites (N-methyl/N-ethyl adjacent to an activating group) is 1. The Hall–Kier alpha value is -0.820. The number of nitrogens with zero attached hydrogens (tertiary/aromatic N) is 2. The number of nitrogens with one attached hydrogen (secondary N) is 2. The van der Waals surface area contributed by atoms with Crippen LogP contribution in [0.1, 0.15) is 40.0 Å². The second-order valence-corrected chi connectivity index (χ2v) is 9.54. The molecule has 1 aliphatic heterocycles. The van der Waals surface area contributed by atoms with Crippen molar-refractivity contribution in [1.29, 1.82) is 0 Å². The van der Waals surface area contributed by atoms with Crippen molar-refractivity contribution in [2.45, 2.75) is 46.1 Å². The molecule has 1 fully saturated rings. The fourth-order valence-electron chi connectivity index (χ4n) is 2.85. The van der Waals surface area contributed by atoms with E-state index in [0.717, 1.165) is 19.0 Å². The molecule has 1 aliphatic rings. The highest BCUT2D eigenvalue weighted by molar-refractivity contribution is 7.90. The molecule has 1 saturated heterocycles. The predicted octanol–water partition coefficient (Wildman–Crippen LogP) is 1.10. The van der Waals surface area contributed by atoms with Gasteiger partial charge in [0.05, 0.1) is 5.75 Å². The van der Waals surface area contributed by atoms with E-state index in [4.69, 9.17) is 0 Å². The van der Waals surface area contributed by atoms with Crippen molar-refractivity contribution in [3.63, 3.8) is 0 Å². The van der Waals surface area contributed by atoms with Crippen molar-refractivity contribution in [2.75, 3.05) is 45.2 Å². The smallest absolute Gasteiger partial charge is 0.191 e. The van der Waals surface area contributed by atoms with Crippen LogP contribution in [0, 0.1) is 5.41 Å². The molecular weight excluding hydrogens is 312 g/mol. The minimum absolute atomic E-state index is 0.0937. The first kappa shape index (κ1) is 20.2. The van der Waals surface area contributed by atoms with Crippen LogP contribution in [0.4, 0.5) is 0 Å². The Morgan fingerprint density at radius 1 is 1.35 bits per heavy atom. The standard InChI is InChI=1S/C16H34N4O2S/c1-6-20-10-7-8-14(20)12-18-15(17-4)19-13-16(2,3)9-11-23(5,21)22/h14H,6-13H2,1-5H3,(H2,17,18,19). The summed E-state index contributed by atoms with van der Waals surface area (Å²) in [6.45, 7) is 10.2. The van der Waals surface area contributed by atoms with Crippen LogP contribution in [0.15, 0.2) is 4.99 Å². The van der Waals surface area contributed by atoms with E-state index in [1.165, 1.54) is 25.6 Å². The Bertz CT molecular complexity index is 488. The summed E-state index contributed by atoms with van der Waals surface area (Å²) >= 11 is 0. The third-order valence-electron chi connectivity index (χ3n) is 4.52. The van der Waals surface area contributed by atoms with E-state index in [2.05, 4.69) is 41.3 Å². The first-order valence-electron chi connectivity index (χ1n) is 8.53. The van der Waals surface area contributed by atoms with E-state index in [9.17, 15) is 8.42 Å². The van der Waals surface area contributed by atoms with Gasteiger partial charge in [0.25, 0.3) is 0 Å². The summed E-state index contributed by atoms with van der Waals surface area (Å²) in [5.41, 5.74) is -0.0937. The van der Waals surface area contributed by atoms with Crippen LogP contribution < -0.4 is 10.6 Å². The molecule has 6 nitrogen and oxygen atoms in total. The van der Waals surface area contributed by atoms with Gasteiger partial charge in [-0.2, -0.15) is 0 Å². The molecule has 7 heteroatoms. The summed E-state index contributed by atoms with van der Waals surface area (Å²) in [5.74, 6) is 1.02. The van der Waals surface area contributed by atoms with Crippen molar-refractivity contribution in [3.05, 3.63) is 0 Å². The number of likely N-dealkylation sites (tertiary alicyclic amines) is 1. The lowest BCUT2D eigenvalue weighted by Crippen LogP contribution is -2.47. The summed E-state index contributed by atoms with van der Waals surface area (Å²) in [6, 6.07) is 0.580. The van der Waals surface area contributed by atoms with Gasteiger partial charge in [-0.3, -0.25) is 9.89 Å². The average Bonchev–Trinajstić information content (AvgIpc) is 2.92. The van der Waals surface area contributed by atoms with Crippen molar-refractivity contribution in [2.24, 2.45) is 10.4 Å². The van der Waals surface area contributed by atoms with Gasteiger partial charge in [-0.15, -0.1) is 0 Å². The van der Waals surface area contributed by atoms with Gasteiger partial charge in [0, 0.05) is 32.4 Å². The largest absolute Gasteiger partial charge is 0.356 e. The van der Waals surface area contributed by atoms with E-state index in [-0.39, 0.29) is 11.2 Å². The molecule has 0 aromatic heterocycles. The van der Waals surface area contributed by atoms with Crippen molar-refractivity contribution in [3.8, 4) is 0 Å². The Morgan fingerprint density at radius 3 is 2.61 bits per heavy atom. The zero-order valence-electron chi connectivity index (χ0n) is 15.4. The molecule has 0 aliphatic carbocycles. The molecule has 1 unspecified atom stereocenters. The molecule has 1 atom stereocenters. The zero-order valence-corrected chi connectivity index (χ0v) is 16.2. The first-order valence-corrected chi connectivity index (χ1v) is 10.6. The molecule has 2 N–H and O–H groups in total. The van der Waals surface area contributed by atoms with E-state index in [1.807, 2.05) is 0 Å². The molecule has 1 rings (SSSR count). The van der Waals surface area contributed by atoms with E-state index in [0.29, 0.717) is 19.0 Å². The molecule has 0 aromatic carbocycles. The quantitative estimate of drug-likeness (QED) is 0.508. The van der Waals surface area contributed by atoms with Gasteiger partial charge in [-0.05, 0) is 37.8 Å². The molecule has 0 amide bonds. The summed E-state index contributed by atoms with van der Waals surface area (Å²) in [5, 5.41) is 6.73. The predicted molar refractivity (Wildman–Crippen MR) is 97.7 cm³/mol. The first-order chi connectivity index (χ1) is 10.7. The van der Waals surface area contributed by atoms with E-state index in [1.54, 1.807) is 7.05 Å². The normalized spacial score (nSPS) is 20.7. The van der Waals surface area contributed by atoms with E-state index >= 15 is 0 Å². The van der Waals surface area contributed by atoms with Crippen LogP contribution >= 0.6 is 0 Å². The summed E-state index contributed by atoms with van der Waals surface area (Å²) in [7, 11) is -1.14. The Balaban J connectivity index is 2.38. The fraction of sp³-hybridized carbons (Fsp3) is 0.938. The Morgan fingerprint density at radius 2 is 2.04 bits per heavy atom. The number of aliphatic imine (C=N–C) groups is 1. The van der Waals surface area contributed by atoms with Crippen LogP contribution in [-0.4, -0.2) is 70.6 Å². The molecule has 0 radical (unpaired) electrons. The lowest BCUT2D eigenvalue weighted by molar-refractivity contribution is 0.266. The molecule has 1 heterocycles. The second kappa shape index (κ2) is 8.87. The van der Waals surface area contributed by atoms with Gasteiger partial charge in [0.15, 0.2) is 5.96 Å². The summed E-state index contributed by atoms with van der Waals surface area (Å²) in [4.78, 5) is 6.77. The molecule has 0 saturated carbocycles. The third-order valence-corrected chi connectivity index (χ3v) is 5.46. The third kappa shape index (κ3) is 8.01. The lowest BCUT2D eigenvalue weighted by atomic mass is 9.90. The minimum atomic E-state index is -2.91. The molecule has 0 aromatic rings. The topological polar surface area (TPSA) is 73.8 Å². The molecule has 136 valence electrons. The molecule has 0 bridgehead atoms. The maximum absolute atomic E-state index is 11.3. The van der Waals surface area contributed by atoms with Crippen LogP contribution in [0.2, 0.25) is 0 Å². The van der Waals surface area contributed by atoms with Gasteiger partial charge in [-0.25, -0.2) is 8.42 Å². The number of rotatable bonds is 8. The molecule has 23 heavy (non-hydrogen) atoms. The maximum Gasteiger partial charge on any atom is 0.191 e. The fourth-order valence-corrected chi connectivity index (χ4v) is 3.77. The summed E-state index contributed by atoms with van der Waals surface area (Å²) < 4.78 is 22.6. The van der Waals surface area contributed by atoms with Gasteiger partial charge < -0.3 is 10.6 Å².